The second-order valence-corrected chi connectivity index (χ2v) is 9.23. The number of nitrogens with zero attached hydrogens (tertiary/aromatic N) is 3. The zero-order valence-corrected chi connectivity index (χ0v) is 19.2. The highest BCUT2D eigenvalue weighted by Crippen LogP contribution is 2.19. The topological polar surface area (TPSA) is 64.4 Å². The maximum atomic E-state index is 13.0. The first kappa shape index (κ1) is 22.5. The Labute approximate surface area is 184 Å². The van der Waals surface area contributed by atoms with E-state index in [2.05, 4.69) is 4.98 Å². The van der Waals surface area contributed by atoms with E-state index >= 15 is 0 Å². The van der Waals surface area contributed by atoms with E-state index in [9.17, 15) is 9.59 Å². The van der Waals surface area contributed by atoms with Crippen molar-refractivity contribution in [3.8, 4) is 0 Å². The van der Waals surface area contributed by atoms with Crippen LogP contribution < -0.4 is 5.56 Å². The number of ether oxygens (including phenoxy) is 1. The fourth-order valence-corrected chi connectivity index (χ4v) is 4.68. The highest BCUT2D eigenvalue weighted by atomic mass is 32.2. The molecule has 0 aliphatic heterocycles. The second kappa shape index (κ2) is 10.7. The summed E-state index contributed by atoms with van der Waals surface area (Å²) < 4.78 is 7.28. The summed E-state index contributed by atoms with van der Waals surface area (Å²) in [6, 6.07) is 11.3. The van der Waals surface area contributed by atoms with Gasteiger partial charge in [-0.3, -0.25) is 14.2 Å². The predicted molar refractivity (Wildman–Crippen MR) is 123 cm³/mol. The van der Waals surface area contributed by atoms with Gasteiger partial charge >= 0.3 is 0 Å². The molecule has 0 atom stereocenters. The molecule has 0 N–H and O–H groups in total. The molecule has 0 saturated carbocycles. The van der Waals surface area contributed by atoms with E-state index in [1.165, 1.54) is 11.8 Å². The van der Waals surface area contributed by atoms with Gasteiger partial charge in [-0.25, -0.2) is 4.98 Å². The number of fused-ring (bicyclic) bond motifs is 1. The maximum Gasteiger partial charge on any atom is 0.262 e. The quantitative estimate of drug-likeness (QED) is 0.268. The number of aromatic nitrogens is 2. The van der Waals surface area contributed by atoms with Crippen LogP contribution in [0.25, 0.3) is 10.9 Å². The molecule has 0 aliphatic rings. The van der Waals surface area contributed by atoms with Crippen molar-refractivity contribution in [3.05, 3.63) is 57.0 Å². The molecule has 0 bridgehead atoms. The number of para-hydroxylation sites is 1. The van der Waals surface area contributed by atoms with Crippen LogP contribution in [-0.4, -0.2) is 45.9 Å². The van der Waals surface area contributed by atoms with E-state index in [4.69, 9.17) is 4.74 Å². The summed E-state index contributed by atoms with van der Waals surface area (Å²) in [6.07, 6.45) is 0.861. The highest BCUT2D eigenvalue weighted by molar-refractivity contribution is 7.99. The van der Waals surface area contributed by atoms with Gasteiger partial charge in [0.2, 0.25) is 5.91 Å². The van der Waals surface area contributed by atoms with Crippen LogP contribution in [0.4, 0.5) is 0 Å². The molecule has 3 aromatic rings. The number of thiophene rings is 1. The summed E-state index contributed by atoms with van der Waals surface area (Å²) in [5, 5.41) is 3.16. The average Bonchev–Trinajstić information content (AvgIpc) is 3.23. The number of rotatable bonds is 10. The zero-order valence-electron chi connectivity index (χ0n) is 17.5. The third-order valence-corrected chi connectivity index (χ3v) is 6.35. The molecule has 2 aromatic heterocycles. The van der Waals surface area contributed by atoms with Gasteiger partial charge in [0.1, 0.15) is 0 Å². The second-order valence-electron chi connectivity index (χ2n) is 7.26. The average molecular weight is 446 g/mol. The van der Waals surface area contributed by atoms with Crippen LogP contribution >= 0.6 is 23.1 Å². The molecule has 0 saturated heterocycles. The molecule has 2 heterocycles. The van der Waals surface area contributed by atoms with Crippen molar-refractivity contribution >= 4 is 39.9 Å². The SMILES string of the molecule is CC(C)OCCCn1c(SCC(=O)N(C)Cc2cccs2)nc2ccccc2c1=O. The normalized spacial score (nSPS) is 11.3. The molecule has 3 rings (SSSR count). The summed E-state index contributed by atoms with van der Waals surface area (Å²) in [6.45, 7) is 5.64. The zero-order chi connectivity index (χ0) is 21.5. The van der Waals surface area contributed by atoms with Crippen LogP contribution in [0.15, 0.2) is 51.7 Å². The van der Waals surface area contributed by atoms with Crippen LogP contribution in [0.5, 0.6) is 0 Å². The van der Waals surface area contributed by atoms with Gasteiger partial charge in [0, 0.05) is 25.1 Å². The molecular formula is C22H27N3O3S2. The van der Waals surface area contributed by atoms with Crippen molar-refractivity contribution < 1.29 is 9.53 Å². The molecule has 160 valence electrons. The van der Waals surface area contributed by atoms with Gasteiger partial charge in [-0.2, -0.15) is 0 Å². The molecule has 0 unspecified atom stereocenters. The van der Waals surface area contributed by atoms with Crippen molar-refractivity contribution in [1.82, 2.24) is 14.5 Å². The Hall–Kier alpha value is -2.16. The largest absolute Gasteiger partial charge is 0.379 e. The number of hydrogen-bond acceptors (Lipinski definition) is 6. The molecule has 30 heavy (non-hydrogen) atoms. The molecular weight excluding hydrogens is 418 g/mol. The number of benzene rings is 1. The standard InChI is InChI=1S/C22H27N3O3S2/c1-16(2)28-12-7-11-25-21(27)18-9-4-5-10-19(18)23-22(25)30-15-20(26)24(3)14-17-8-6-13-29-17/h4-6,8-10,13,16H,7,11-12,14-15H2,1-3H3. The highest BCUT2D eigenvalue weighted by Gasteiger charge is 2.15. The minimum Gasteiger partial charge on any atom is -0.379 e. The predicted octanol–water partition coefficient (Wildman–Crippen LogP) is 4.02. The summed E-state index contributed by atoms with van der Waals surface area (Å²) in [4.78, 5) is 33.2. The lowest BCUT2D eigenvalue weighted by Crippen LogP contribution is -2.28. The van der Waals surface area contributed by atoms with Crippen LogP contribution in [0.1, 0.15) is 25.1 Å². The van der Waals surface area contributed by atoms with Gasteiger partial charge in [-0.05, 0) is 43.8 Å². The van der Waals surface area contributed by atoms with Crippen molar-refractivity contribution in [2.75, 3.05) is 19.4 Å². The van der Waals surface area contributed by atoms with Gasteiger partial charge in [0.05, 0.1) is 29.3 Å². The van der Waals surface area contributed by atoms with Crippen molar-refractivity contribution in [1.29, 1.82) is 0 Å². The minimum atomic E-state index is -0.0768. The van der Waals surface area contributed by atoms with Gasteiger partial charge in [-0.15, -0.1) is 11.3 Å². The fourth-order valence-electron chi connectivity index (χ4n) is 2.96. The minimum absolute atomic E-state index is 0.00509. The van der Waals surface area contributed by atoms with Gasteiger partial charge < -0.3 is 9.64 Å². The lowest BCUT2D eigenvalue weighted by Gasteiger charge is -2.17. The Morgan fingerprint density at radius 3 is 2.80 bits per heavy atom. The Morgan fingerprint density at radius 2 is 2.07 bits per heavy atom. The third kappa shape index (κ3) is 5.93. The number of hydrogen-bond donors (Lipinski definition) is 0. The first-order chi connectivity index (χ1) is 14.5. The van der Waals surface area contributed by atoms with Gasteiger partial charge in [0.15, 0.2) is 5.16 Å². The molecule has 0 spiro atoms. The summed E-state index contributed by atoms with van der Waals surface area (Å²) in [5.74, 6) is 0.236. The van der Waals surface area contributed by atoms with Crippen LogP contribution in [0.2, 0.25) is 0 Å². The Morgan fingerprint density at radius 1 is 1.27 bits per heavy atom. The molecule has 0 fully saturated rings. The van der Waals surface area contributed by atoms with Gasteiger partial charge in [0.25, 0.3) is 5.56 Å². The van der Waals surface area contributed by atoms with E-state index in [0.29, 0.717) is 42.2 Å². The summed E-state index contributed by atoms with van der Waals surface area (Å²) in [5.41, 5.74) is 0.575. The van der Waals surface area contributed by atoms with E-state index in [-0.39, 0.29) is 23.3 Å². The molecule has 1 amide bonds. The van der Waals surface area contributed by atoms with Crippen LogP contribution in [0, 0.1) is 0 Å². The van der Waals surface area contributed by atoms with E-state index in [1.54, 1.807) is 33.9 Å². The smallest absolute Gasteiger partial charge is 0.262 e. The number of carbonyl (C=O) groups is 1. The molecule has 6 nitrogen and oxygen atoms in total. The maximum absolute atomic E-state index is 13.0. The first-order valence-electron chi connectivity index (χ1n) is 9.96. The first-order valence-corrected chi connectivity index (χ1v) is 11.8. The van der Waals surface area contributed by atoms with Gasteiger partial charge in [-0.1, -0.05) is 30.0 Å². The number of thioether (sulfide) groups is 1. The van der Waals surface area contributed by atoms with E-state index in [0.717, 1.165) is 4.88 Å². The number of amides is 1. The van der Waals surface area contributed by atoms with E-state index < -0.39 is 0 Å². The molecule has 0 radical (unpaired) electrons. The Kier molecular flexibility index (Phi) is 8.07. The molecule has 0 aliphatic carbocycles. The van der Waals surface area contributed by atoms with Crippen molar-refractivity contribution in [3.63, 3.8) is 0 Å². The summed E-state index contributed by atoms with van der Waals surface area (Å²) in [7, 11) is 1.80. The Bertz CT molecular complexity index is 1030. The van der Waals surface area contributed by atoms with E-state index in [1.807, 2.05) is 49.6 Å². The molecule has 1 aromatic carbocycles. The monoisotopic (exact) mass is 445 g/mol. The fraction of sp³-hybridized carbons (Fsp3) is 0.409. The van der Waals surface area contributed by atoms with Crippen molar-refractivity contribution in [2.24, 2.45) is 0 Å². The molecule has 8 heteroatoms. The Balaban J connectivity index is 1.74. The lowest BCUT2D eigenvalue weighted by atomic mass is 10.2. The van der Waals surface area contributed by atoms with Crippen LogP contribution in [0.3, 0.4) is 0 Å². The third-order valence-electron chi connectivity index (χ3n) is 4.53. The lowest BCUT2D eigenvalue weighted by molar-refractivity contribution is -0.127. The summed E-state index contributed by atoms with van der Waals surface area (Å²) >= 11 is 2.94. The van der Waals surface area contributed by atoms with Crippen molar-refractivity contribution in [2.45, 2.75) is 44.6 Å². The number of carbonyl (C=O) groups excluding carboxylic acids is 1. The van der Waals surface area contributed by atoms with Crippen LogP contribution in [-0.2, 0) is 22.6 Å².